The second kappa shape index (κ2) is 11.9. The molecule has 9 aromatic rings. The van der Waals surface area contributed by atoms with Crippen LogP contribution in [0.5, 0.6) is 0 Å². The van der Waals surface area contributed by atoms with Gasteiger partial charge in [0.25, 0.3) is 5.56 Å². The van der Waals surface area contributed by atoms with E-state index < -0.39 is 0 Å². The monoisotopic (exact) mass is 694 g/mol. The molecule has 4 heterocycles. The average molecular weight is 695 g/mol. The normalized spacial score (nSPS) is 16.0. The van der Waals surface area contributed by atoms with Gasteiger partial charge in [0.05, 0.1) is 17.1 Å². The van der Waals surface area contributed by atoms with Crippen molar-refractivity contribution in [1.29, 1.82) is 0 Å². The third-order valence-electron chi connectivity index (χ3n) is 10.7. The first kappa shape index (κ1) is 30.4. The van der Waals surface area contributed by atoms with E-state index in [4.69, 9.17) is 19.9 Å². The number of fused-ring (bicyclic) bond motifs is 5. The fraction of sp³-hybridized carbons (Fsp3) is 0.0426. The number of anilines is 2. The summed E-state index contributed by atoms with van der Waals surface area (Å²) in [6.07, 6.45) is 8.74. The fourth-order valence-corrected chi connectivity index (χ4v) is 8.31. The van der Waals surface area contributed by atoms with Gasteiger partial charge in [-0.15, -0.1) is 0 Å². The third kappa shape index (κ3) is 4.58. The first-order chi connectivity index (χ1) is 26.7. The second-order valence-corrected chi connectivity index (χ2v) is 13.8. The third-order valence-corrected chi connectivity index (χ3v) is 10.7. The van der Waals surface area contributed by atoms with E-state index in [0.717, 1.165) is 55.3 Å². The molecule has 0 saturated heterocycles. The molecular formula is C47H30N6O. The lowest BCUT2D eigenvalue weighted by molar-refractivity contribution is 0.728. The molecule has 0 amide bonds. The zero-order valence-electron chi connectivity index (χ0n) is 28.9. The second-order valence-electron chi connectivity index (χ2n) is 13.8. The minimum absolute atomic E-state index is 0.0241. The summed E-state index contributed by atoms with van der Waals surface area (Å²) in [7, 11) is 0. The van der Waals surface area contributed by atoms with Crippen molar-refractivity contribution in [2.75, 3.05) is 4.90 Å². The molecule has 2 aliphatic rings. The molecule has 1 aliphatic heterocycles. The smallest absolute Gasteiger partial charge is 0.264 e. The molecule has 254 valence electrons. The Kier molecular flexibility index (Phi) is 6.69. The van der Waals surface area contributed by atoms with Crippen LogP contribution >= 0.6 is 0 Å². The van der Waals surface area contributed by atoms with Crippen molar-refractivity contribution >= 4 is 38.8 Å². The minimum Gasteiger partial charge on any atom is -0.302 e. The maximum Gasteiger partial charge on any atom is 0.264 e. The van der Waals surface area contributed by atoms with Crippen molar-refractivity contribution in [2.24, 2.45) is 0 Å². The number of pyridine rings is 1. The van der Waals surface area contributed by atoms with E-state index in [0.29, 0.717) is 28.8 Å². The highest BCUT2D eigenvalue weighted by atomic mass is 16.1. The molecule has 0 saturated carbocycles. The average Bonchev–Trinajstić information content (AvgIpc) is 3.80. The first-order valence-electron chi connectivity index (χ1n) is 18.1. The molecule has 11 rings (SSSR count). The van der Waals surface area contributed by atoms with Crippen LogP contribution in [0.3, 0.4) is 0 Å². The largest absolute Gasteiger partial charge is 0.302 e. The van der Waals surface area contributed by atoms with Crippen LogP contribution in [0.4, 0.5) is 11.6 Å². The SMILES string of the molecule is O=c1c2ccccc2c2c(-c3ccc4c(c3)C3C=CC=CC3N4c3nc(-c4ccccc4)nc(-c4ccccc4)n3)ccc3nc(-c4ccccc4)n1c32. The molecule has 7 heteroatoms. The van der Waals surface area contributed by atoms with Crippen LogP contribution in [0, 0.1) is 0 Å². The van der Waals surface area contributed by atoms with Gasteiger partial charge in [-0.2, -0.15) is 9.97 Å². The molecule has 1 aliphatic carbocycles. The molecule has 0 fully saturated rings. The number of aromatic nitrogens is 5. The maximum atomic E-state index is 14.2. The summed E-state index contributed by atoms with van der Waals surface area (Å²) in [4.78, 5) is 36.7. The molecular weight excluding hydrogens is 665 g/mol. The van der Waals surface area contributed by atoms with E-state index in [2.05, 4.69) is 59.5 Å². The van der Waals surface area contributed by atoms with Gasteiger partial charge in [-0.1, -0.05) is 146 Å². The van der Waals surface area contributed by atoms with Gasteiger partial charge in [0.1, 0.15) is 5.82 Å². The Morgan fingerprint density at radius 3 is 1.87 bits per heavy atom. The van der Waals surface area contributed by atoms with Gasteiger partial charge in [-0.3, -0.25) is 9.20 Å². The highest BCUT2D eigenvalue weighted by molar-refractivity contribution is 6.17. The van der Waals surface area contributed by atoms with E-state index in [9.17, 15) is 4.79 Å². The molecule has 2 unspecified atom stereocenters. The molecule has 0 spiro atoms. The van der Waals surface area contributed by atoms with Crippen molar-refractivity contribution in [1.82, 2.24) is 24.3 Å². The minimum atomic E-state index is -0.0646. The van der Waals surface area contributed by atoms with Gasteiger partial charge in [0, 0.05) is 39.1 Å². The van der Waals surface area contributed by atoms with E-state index >= 15 is 0 Å². The summed E-state index contributed by atoms with van der Waals surface area (Å²) in [5, 5.41) is 2.60. The lowest BCUT2D eigenvalue weighted by Crippen LogP contribution is -2.30. The van der Waals surface area contributed by atoms with Crippen molar-refractivity contribution < 1.29 is 0 Å². The number of hydrogen-bond acceptors (Lipinski definition) is 6. The summed E-state index contributed by atoms with van der Waals surface area (Å²) in [5.41, 5.74) is 8.69. The Labute approximate surface area is 310 Å². The highest BCUT2D eigenvalue weighted by Gasteiger charge is 2.39. The maximum absolute atomic E-state index is 14.2. The Bertz CT molecular complexity index is 2970. The van der Waals surface area contributed by atoms with E-state index in [1.165, 1.54) is 5.56 Å². The summed E-state index contributed by atoms with van der Waals surface area (Å²) in [6.45, 7) is 0. The van der Waals surface area contributed by atoms with Gasteiger partial charge in [0.15, 0.2) is 11.6 Å². The topological polar surface area (TPSA) is 76.3 Å². The van der Waals surface area contributed by atoms with Crippen LogP contribution in [0.2, 0.25) is 0 Å². The highest BCUT2D eigenvalue weighted by Crippen LogP contribution is 2.49. The molecule has 6 aromatic carbocycles. The van der Waals surface area contributed by atoms with E-state index in [1.807, 2.05) is 115 Å². The number of imidazole rings is 1. The number of benzene rings is 6. The van der Waals surface area contributed by atoms with E-state index in [-0.39, 0.29) is 17.5 Å². The van der Waals surface area contributed by atoms with Crippen molar-refractivity contribution in [2.45, 2.75) is 12.0 Å². The predicted octanol–water partition coefficient (Wildman–Crippen LogP) is 10.0. The van der Waals surface area contributed by atoms with Crippen LogP contribution in [-0.2, 0) is 0 Å². The van der Waals surface area contributed by atoms with Crippen LogP contribution in [0.15, 0.2) is 175 Å². The van der Waals surface area contributed by atoms with E-state index in [1.54, 1.807) is 4.40 Å². The zero-order chi connectivity index (χ0) is 35.8. The van der Waals surface area contributed by atoms with Crippen LogP contribution in [0.1, 0.15) is 11.5 Å². The Hall–Kier alpha value is -7.25. The number of rotatable bonds is 5. The molecule has 54 heavy (non-hydrogen) atoms. The fourth-order valence-electron chi connectivity index (χ4n) is 8.31. The van der Waals surface area contributed by atoms with Crippen LogP contribution < -0.4 is 10.5 Å². The number of nitrogens with zero attached hydrogens (tertiary/aromatic N) is 6. The Morgan fingerprint density at radius 2 is 1.17 bits per heavy atom. The quantitative estimate of drug-likeness (QED) is 0.167. The van der Waals surface area contributed by atoms with Crippen molar-refractivity contribution in [3.8, 4) is 45.3 Å². The first-order valence-corrected chi connectivity index (χ1v) is 18.1. The molecule has 3 aromatic heterocycles. The van der Waals surface area contributed by atoms with Gasteiger partial charge in [-0.25, -0.2) is 9.97 Å². The van der Waals surface area contributed by atoms with Crippen LogP contribution in [0.25, 0.3) is 72.5 Å². The van der Waals surface area contributed by atoms with Gasteiger partial charge in [-0.05, 0) is 46.3 Å². The summed E-state index contributed by atoms with van der Waals surface area (Å²) in [5.74, 6) is 2.58. The molecule has 0 bridgehead atoms. The van der Waals surface area contributed by atoms with Gasteiger partial charge in [0.2, 0.25) is 5.95 Å². The van der Waals surface area contributed by atoms with Crippen LogP contribution in [-0.4, -0.2) is 30.4 Å². The Morgan fingerprint density at radius 1 is 0.537 bits per heavy atom. The van der Waals surface area contributed by atoms with Gasteiger partial charge >= 0.3 is 0 Å². The lowest BCUT2D eigenvalue weighted by atomic mass is 9.89. The summed E-state index contributed by atoms with van der Waals surface area (Å²) in [6, 6.07) is 48.9. The zero-order valence-corrected chi connectivity index (χ0v) is 28.9. The summed E-state index contributed by atoms with van der Waals surface area (Å²) < 4.78 is 1.81. The molecule has 0 N–H and O–H groups in total. The lowest BCUT2D eigenvalue weighted by Gasteiger charge is -2.27. The number of hydrogen-bond donors (Lipinski definition) is 0. The Balaban J connectivity index is 1.12. The standard InChI is InChI=1S/C47H30N6O/c54-46-36-22-11-10-21-35(36)41-33(25-26-38-42(41)53(46)45(48-38)31-18-8-3-9-19-31)32-24-27-40-37(28-32)34-20-12-13-23-39(34)52(40)47-50-43(29-14-4-1-5-15-29)49-44(51-47)30-16-6-2-7-17-30/h1-28,34,39H. The molecule has 0 radical (unpaired) electrons. The molecule has 7 nitrogen and oxygen atoms in total. The number of allylic oxidation sites excluding steroid dienone is 2. The van der Waals surface area contributed by atoms with Crippen molar-refractivity contribution in [3.05, 3.63) is 186 Å². The predicted molar refractivity (Wildman–Crippen MR) is 216 cm³/mol. The van der Waals surface area contributed by atoms with Gasteiger partial charge < -0.3 is 4.90 Å². The van der Waals surface area contributed by atoms with Crippen molar-refractivity contribution in [3.63, 3.8) is 0 Å². The summed E-state index contributed by atoms with van der Waals surface area (Å²) >= 11 is 0. The molecule has 2 atom stereocenters.